The van der Waals surface area contributed by atoms with E-state index in [1.54, 1.807) is 7.11 Å². The number of aromatic nitrogens is 1. The van der Waals surface area contributed by atoms with E-state index in [1.807, 2.05) is 18.3 Å². The molecule has 172 valence electrons. The van der Waals surface area contributed by atoms with Gasteiger partial charge in [-0.3, -0.25) is 9.88 Å². The summed E-state index contributed by atoms with van der Waals surface area (Å²) in [5, 5.41) is 8.89. The maximum Gasteiger partial charge on any atom is 0.167 e. The molecule has 5 atom stereocenters. The molecule has 3 fully saturated rings. The molecule has 4 unspecified atom stereocenters. The molecule has 2 aromatic carbocycles. The third kappa shape index (κ3) is 4.50. The highest BCUT2D eigenvalue weighted by atomic mass is 32.1. The van der Waals surface area contributed by atoms with Gasteiger partial charge in [0.2, 0.25) is 0 Å². The largest absolute Gasteiger partial charge is 0.497 e. The van der Waals surface area contributed by atoms with Gasteiger partial charge in [0.25, 0.3) is 0 Å². The van der Waals surface area contributed by atoms with E-state index >= 15 is 0 Å². The molecule has 3 saturated heterocycles. The van der Waals surface area contributed by atoms with Gasteiger partial charge in [0.05, 0.1) is 18.7 Å². The molecule has 3 aliphatic rings. The van der Waals surface area contributed by atoms with Gasteiger partial charge in [0.1, 0.15) is 5.75 Å². The van der Waals surface area contributed by atoms with Crippen molar-refractivity contribution in [1.82, 2.24) is 20.5 Å². The minimum absolute atomic E-state index is 0.0517. The van der Waals surface area contributed by atoms with Crippen LogP contribution in [0, 0.1) is 11.8 Å². The normalized spacial score (nSPS) is 24.9. The van der Waals surface area contributed by atoms with Gasteiger partial charge in [-0.2, -0.15) is 12.1 Å². The molecule has 0 amide bonds. The van der Waals surface area contributed by atoms with Crippen molar-refractivity contribution >= 4 is 28.2 Å². The first kappa shape index (κ1) is 22.0. The van der Waals surface area contributed by atoms with Crippen LogP contribution in [0.1, 0.15) is 30.0 Å². The molecule has 0 aliphatic carbocycles. The minimum Gasteiger partial charge on any atom is -0.497 e. The average molecular weight is 460 g/mol. The van der Waals surface area contributed by atoms with Gasteiger partial charge in [-0.1, -0.05) is 6.08 Å². The predicted octanol–water partition coefficient (Wildman–Crippen LogP) is 4.56. The maximum atomic E-state index is 5.78. The van der Waals surface area contributed by atoms with Crippen LogP contribution in [0.5, 0.6) is 5.75 Å². The number of methoxy groups -OCH3 is 1. The van der Waals surface area contributed by atoms with E-state index in [9.17, 15) is 0 Å². The van der Waals surface area contributed by atoms with Crippen molar-refractivity contribution in [3.05, 3.63) is 78.5 Å². The van der Waals surface area contributed by atoms with Crippen molar-refractivity contribution in [2.45, 2.75) is 31.5 Å². The highest BCUT2D eigenvalue weighted by molar-refractivity contribution is 7.80. The van der Waals surface area contributed by atoms with E-state index in [1.165, 1.54) is 17.5 Å². The Balaban J connectivity index is 1.47. The summed E-state index contributed by atoms with van der Waals surface area (Å²) in [5.41, 5.74) is 3.41. The molecule has 0 saturated carbocycles. The Morgan fingerprint density at radius 2 is 2.30 bits per heavy atom. The SMILES string of the molecule is C=CC1CN2CCC1CC2[C@H](NC(=S)NCc1ccc[cH-]1)c1ccnc2ccc(OC)cc12. The average Bonchev–Trinajstić information content (AvgIpc) is 3.39. The first-order chi connectivity index (χ1) is 16.2. The fourth-order valence-corrected chi connectivity index (χ4v) is 5.76. The van der Waals surface area contributed by atoms with Gasteiger partial charge >= 0.3 is 0 Å². The van der Waals surface area contributed by atoms with Crippen molar-refractivity contribution in [2.75, 3.05) is 20.2 Å². The van der Waals surface area contributed by atoms with E-state index in [2.05, 4.69) is 69.6 Å². The van der Waals surface area contributed by atoms with E-state index < -0.39 is 0 Å². The van der Waals surface area contributed by atoms with Crippen molar-refractivity contribution in [3.8, 4) is 5.75 Å². The molecular weight excluding hydrogens is 428 g/mol. The fourth-order valence-electron chi connectivity index (χ4n) is 5.56. The van der Waals surface area contributed by atoms with Gasteiger partial charge in [-0.05, 0) is 73.3 Å². The summed E-state index contributed by atoms with van der Waals surface area (Å²) in [7, 11) is 1.71. The van der Waals surface area contributed by atoms with E-state index in [4.69, 9.17) is 17.0 Å². The molecule has 5 nitrogen and oxygen atoms in total. The number of ether oxygens (including phenoxy) is 1. The molecule has 3 aliphatic heterocycles. The van der Waals surface area contributed by atoms with Crippen molar-refractivity contribution in [1.29, 1.82) is 0 Å². The third-order valence-corrected chi connectivity index (χ3v) is 7.59. The Labute approximate surface area is 201 Å². The number of piperidine rings is 3. The van der Waals surface area contributed by atoms with Crippen LogP contribution in [0.15, 0.2) is 67.4 Å². The van der Waals surface area contributed by atoms with E-state index in [0.717, 1.165) is 36.2 Å². The monoisotopic (exact) mass is 459 g/mol. The Kier molecular flexibility index (Phi) is 6.38. The van der Waals surface area contributed by atoms with Gasteiger partial charge in [0.15, 0.2) is 5.11 Å². The summed E-state index contributed by atoms with van der Waals surface area (Å²) in [6.07, 6.45) is 6.43. The summed E-state index contributed by atoms with van der Waals surface area (Å²) in [4.78, 5) is 7.23. The van der Waals surface area contributed by atoms with E-state index in [-0.39, 0.29) is 6.04 Å². The smallest absolute Gasteiger partial charge is 0.167 e. The van der Waals surface area contributed by atoms with Gasteiger partial charge in [0, 0.05) is 30.7 Å². The van der Waals surface area contributed by atoms with Crippen LogP contribution in [0.3, 0.4) is 0 Å². The number of hydrogen-bond acceptors (Lipinski definition) is 4. The molecule has 3 aromatic rings. The van der Waals surface area contributed by atoms with Crippen LogP contribution in [0.2, 0.25) is 0 Å². The number of nitrogens with one attached hydrogen (secondary N) is 2. The summed E-state index contributed by atoms with van der Waals surface area (Å²) in [5.74, 6) is 2.09. The second-order valence-corrected chi connectivity index (χ2v) is 9.54. The Morgan fingerprint density at radius 3 is 3.03 bits per heavy atom. The minimum atomic E-state index is 0.0517. The van der Waals surface area contributed by atoms with Gasteiger partial charge in [-0.15, -0.1) is 12.1 Å². The number of thiocarbonyl (C=S) groups is 1. The molecule has 4 heterocycles. The van der Waals surface area contributed by atoms with Crippen LogP contribution in [0.25, 0.3) is 10.9 Å². The second kappa shape index (κ2) is 9.57. The number of benzene rings is 1. The van der Waals surface area contributed by atoms with E-state index in [0.29, 0.717) is 29.5 Å². The van der Waals surface area contributed by atoms with Crippen LogP contribution >= 0.6 is 12.2 Å². The first-order valence-electron chi connectivity index (χ1n) is 11.7. The fraction of sp³-hybridized carbons (Fsp3) is 0.370. The highest BCUT2D eigenvalue weighted by Gasteiger charge is 2.43. The number of nitrogens with zero attached hydrogens (tertiary/aromatic N) is 2. The Bertz CT molecular complexity index is 1130. The lowest BCUT2D eigenvalue weighted by Crippen LogP contribution is -2.58. The lowest BCUT2D eigenvalue weighted by molar-refractivity contribution is 0.00429. The van der Waals surface area contributed by atoms with Gasteiger partial charge < -0.3 is 15.4 Å². The summed E-state index contributed by atoms with van der Waals surface area (Å²) in [6, 6.07) is 16.9. The number of fused-ring (bicyclic) bond motifs is 4. The maximum absolute atomic E-state index is 5.78. The van der Waals surface area contributed by atoms with Crippen LogP contribution in [-0.4, -0.2) is 41.2 Å². The summed E-state index contributed by atoms with van der Waals surface area (Å²) in [6.45, 7) is 7.00. The zero-order chi connectivity index (χ0) is 22.8. The molecule has 1 aromatic heterocycles. The molecule has 0 radical (unpaired) electrons. The van der Waals surface area contributed by atoms with Crippen LogP contribution in [-0.2, 0) is 6.54 Å². The second-order valence-electron chi connectivity index (χ2n) is 9.13. The zero-order valence-corrected chi connectivity index (χ0v) is 19.9. The van der Waals surface area contributed by atoms with Crippen molar-refractivity contribution in [3.63, 3.8) is 0 Å². The predicted molar refractivity (Wildman–Crippen MR) is 137 cm³/mol. The van der Waals surface area contributed by atoms with Gasteiger partial charge in [-0.25, -0.2) is 12.1 Å². The quantitative estimate of drug-likeness (QED) is 0.307. The Morgan fingerprint density at radius 1 is 1.39 bits per heavy atom. The molecule has 0 spiro atoms. The van der Waals surface area contributed by atoms with Crippen molar-refractivity contribution < 1.29 is 4.74 Å². The Hall–Kier alpha value is -2.83. The third-order valence-electron chi connectivity index (χ3n) is 7.33. The number of rotatable bonds is 7. The molecule has 2 bridgehead atoms. The lowest BCUT2D eigenvalue weighted by Gasteiger charge is -2.52. The number of pyridine rings is 1. The lowest BCUT2D eigenvalue weighted by atomic mass is 9.73. The standard InChI is InChI=1S/C27H31N4OS/c1-3-19-17-31-13-11-20(19)14-25(31)26(30-27(33)29-16-18-6-4-5-7-18)22-10-12-28-24-9-8-21(32-2)15-23(22)24/h3-10,12,15,19-20,25-26H,1,11,13-14,16-17H2,2H3,(H2,29,30,33)/q-1/t19?,20?,25?,26-/m1/s1. The molecule has 6 rings (SSSR count). The first-order valence-corrected chi connectivity index (χ1v) is 12.1. The zero-order valence-electron chi connectivity index (χ0n) is 19.0. The van der Waals surface area contributed by atoms with Crippen LogP contribution < -0.4 is 15.4 Å². The molecular formula is C27H31N4OS-. The highest BCUT2D eigenvalue weighted by Crippen LogP contribution is 2.42. The molecule has 6 heteroatoms. The van der Waals surface area contributed by atoms with Crippen molar-refractivity contribution in [2.24, 2.45) is 11.8 Å². The van der Waals surface area contributed by atoms with Crippen LogP contribution in [0.4, 0.5) is 0 Å². The topological polar surface area (TPSA) is 49.4 Å². The number of hydrogen-bond donors (Lipinski definition) is 2. The summed E-state index contributed by atoms with van der Waals surface area (Å²) >= 11 is 5.78. The molecule has 2 N–H and O–H groups in total. The summed E-state index contributed by atoms with van der Waals surface area (Å²) < 4.78 is 5.53. The molecule has 33 heavy (non-hydrogen) atoms.